The van der Waals surface area contributed by atoms with Gasteiger partial charge in [-0.1, -0.05) is 60.2 Å². The number of fused-ring (bicyclic) bond motifs is 3. The Balaban J connectivity index is 1.50. The zero-order valence-electron chi connectivity index (χ0n) is 19.2. The molecule has 174 valence electrons. The molecular weight excluding hydrogens is 432 g/mol. The number of aliphatic carboxylic acids is 1. The number of carboxylic acids is 1. The topological polar surface area (TPSA) is 95.9 Å². The fourth-order valence-corrected chi connectivity index (χ4v) is 4.22. The predicted octanol–water partition coefficient (Wildman–Crippen LogP) is 4.90. The number of benzene rings is 3. The van der Waals surface area contributed by atoms with Crippen LogP contribution in [0.25, 0.3) is 11.1 Å². The quantitative estimate of drug-likeness (QED) is 0.548. The summed E-state index contributed by atoms with van der Waals surface area (Å²) in [5.74, 6) is -1.71. The summed E-state index contributed by atoms with van der Waals surface area (Å²) in [5, 5.41) is 11.9. The maximum absolute atomic E-state index is 13.0. The van der Waals surface area contributed by atoms with Crippen LogP contribution in [0.15, 0.2) is 66.7 Å². The van der Waals surface area contributed by atoms with E-state index in [1.807, 2.05) is 43.3 Å². The highest BCUT2D eigenvalue weighted by Gasteiger charge is 2.29. The van der Waals surface area contributed by atoms with Gasteiger partial charge in [-0.25, -0.2) is 9.59 Å². The van der Waals surface area contributed by atoms with E-state index in [1.54, 1.807) is 18.2 Å². The summed E-state index contributed by atoms with van der Waals surface area (Å²) in [7, 11) is 1.42. The number of carboxylic acid groups (broad SMARTS) is 1. The fraction of sp³-hybridized carbons (Fsp3) is 0.222. The molecule has 0 saturated heterocycles. The zero-order chi connectivity index (χ0) is 24.4. The second-order valence-corrected chi connectivity index (χ2v) is 8.43. The lowest BCUT2D eigenvalue weighted by Crippen LogP contribution is -2.40. The number of carbonyl (C=O) groups is 3. The molecule has 0 spiro atoms. The number of nitrogens with one attached hydrogen (secondary N) is 1. The van der Waals surface area contributed by atoms with Gasteiger partial charge in [-0.3, -0.25) is 10.1 Å². The van der Waals surface area contributed by atoms with Crippen LogP contribution in [0.4, 0.5) is 10.5 Å². The highest BCUT2D eigenvalue weighted by Crippen LogP contribution is 2.44. The van der Waals surface area contributed by atoms with Crippen LogP contribution in [0.1, 0.15) is 39.9 Å². The van der Waals surface area contributed by atoms with Gasteiger partial charge < -0.3 is 14.7 Å². The molecule has 0 aliphatic heterocycles. The van der Waals surface area contributed by atoms with Crippen molar-refractivity contribution in [1.29, 1.82) is 0 Å². The molecule has 0 fully saturated rings. The van der Waals surface area contributed by atoms with E-state index in [0.717, 1.165) is 32.7 Å². The summed E-state index contributed by atoms with van der Waals surface area (Å²) in [6.07, 6.45) is -0.686. The number of anilines is 1. The van der Waals surface area contributed by atoms with E-state index in [1.165, 1.54) is 14.0 Å². The van der Waals surface area contributed by atoms with Crippen LogP contribution in [-0.2, 0) is 9.53 Å². The number of nitrogens with zero attached hydrogens (tertiary/aromatic N) is 1. The molecule has 0 aromatic heterocycles. The minimum atomic E-state index is -1.12. The monoisotopic (exact) mass is 458 g/mol. The first-order valence-corrected chi connectivity index (χ1v) is 11.0. The minimum absolute atomic E-state index is 0.0835. The van der Waals surface area contributed by atoms with Gasteiger partial charge in [-0.15, -0.1) is 0 Å². The summed E-state index contributed by atoms with van der Waals surface area (Å²) in [6, 6.07) is 20.1. The molecule has 0 bridgehead atoms. The number of aryl methyl sites for hydroxylation is 1. The molecule has 3 aromatic carbocycles. The van der Waals surface area contributed by atoms with Gasteiger partial charge in [0.1, 0.15) is 12.6 Å². The van der Waals surface area contributed by atoms with Crippen LogP contribution in [-0.4, -0.2) is 47.7 Å². The molecule has 7 heteroatoms. The molecule has 0 saturated carbocycles. The van der Waals surface area contributed by atoms with E-state index in [0.29, 0.717) is 0 Å². The lowest BCUT2D eigenvalue weighted by atomic mass is 9.98. The van der Waals surface area contributed by atoms with Crippen molar-refractivity contribution in [3.63, 3.8) is 0 Å². The molecule has 1 aliphatic rings. The molecule has 0 radical (unpaired) electrons. The number of carbonyl (C=O) groups excluding carboxylic acids is 2. The average molecular weight is 459 g/mol. The lowest BCUT2D eigenvalue weighted by molar-refractivity contribution is -0.141. The standard InChI is InChI=1S/C27H26N2O5/c1-16-12-13-24(22(14-16)25(30)29(3)17(2)26(31)32)28-27(33)34-15-23-20-10-6-4-8-18(20)19-9-5-7-11-21(19)23/h4-14,17,23H,15H2,1-3H3,(H,28,33)(H,31,32)/t17-/m0/s1. The number of rotatable bonds is 6. The molecule has 1 aliphatic carbocycles. The molecule has 2 amide bonds. The van der Waals surface area contributed by atoms with Crippen molar-refractivity contribution >= 4 is 23.7 Å². The highest BCUT2D eigenvalue weighted by molar-refractivity contribution is 6.04. The average Bonchev–Trinajstić information content (AvgIpc) is 3.16. The normalized spacial score (nSPS) is 12.9. The number of ether oxygens (including phenoxy) is 1. The number of hydrogen-bond donors (Lipinski definition) is 2. The first-order chi connectivity index (χ1) is 16.3. The van der Waals surface area contributed by atoms with E-state index < -0.39 is 24.0 Å². The summed E-state index contributed by atoms with van der Waals surface area (Å²) in [6.45, 7) is 3.38. The third-order valence-corrected chi connectivity index (χ3v) is 6.24. The van der Waals surface area contributed by atoms with Crippen LogP contribution >= 0.6 is 0 Å². The van der Waals surface area contributed by atoms with Crippen LogP contribution in [0.3, 0.4) is 0 Å². The zero-order valence-corrected chi connectivity index (χ0v) is 19.2. The van der Waals surface area contributed by atoms with E-state index in [-0.39, 0.29) is 23.8 Å². The Morgan fingerprint density at radius 3 is 2.18 bits per heavy atom. The van der Waals surface area contributed by atoms with E-state index in [2.05, 4.69) is 17.4 Å². The molecule has 34 heavy (non-hydrogen) atoms. The Hall–Kier alpha value is -4.13. The van der Waals surface area contributed by atoms with Crippen LogP contribution in [0.2, 0.25) is 0 Å². The van der Waals surface area contributed by atoms with Gasteiger partial charge in [0.25, 0.3) is 5.91 Å². The van der Waals surface area contributed by atoms with Crippen molar-refractivity contribution in [3.05, 3.63) is 89.0 Å². The molecule has 4 rings (SSSR count). The van der Waals surface area contributed by atoms with E-state index >= 15 is 0 Å². The van der Waals surface area contributed by atoms with Gasteiger partial charge in [-0.2, -0.15) is 0 Å². The van der Waals surface area contributed by atoms with Crippen molar-refractivity contribution in [2.45, 2.75) is 25.8 Å². The largest absolute Gasteiger partial charge is 0.480 e. The Morgan fingerprint density at radius 1 is 1.00 bits per heavy atom. The Bertz CT molecular complexity index is 1220. The smallest absolute Gasteiger partial charge is 0.411 e. The fourth-order valence-electron chi connectivity index (χ4n) is 4.22. The summed E-state index contributed by atoms with van der Waals surface area (Å²) < 4.78 is 5.59. The molecule has 3 aromatic rings. The second kappa shape index (κ2) is 9.39. The third-order valence-electron chi connectivity index (χ3n) is 6.24. The van der Waals surface area contributed by atoms with Crippen molar-refractivity contribution in [1.82, 2.24) is 4.90 Å². The van der Waals surface area contributed by atoms with Crippen LogP contribution < -0.4 is 5.32 Å². The van der Waals surface area contributed by atoms with Crippen LogP contribution in [0.5, 0.6) is 0 Å². The molecule has 1 atom stereocenters. The van der Waals surface area contributed by atoms with Gasteiger partial charge >= 0.3 is 12.1 Å². The van der Waals surface area contributed by atoms with Gasteiger partial charge in [-0.05, 0) is 48.2 Å². The summed E-state index contributed by atoms with van der Waals surface area (Å²) >= 11 is 0. The predicted molar refractivity (Wildman–Crippen MR) is 129 cm³/mol. The molecule has 7 nitrogen and oxygen atoms in total. The van der Waals surface area contributed by atoms with Crippen LogP contribution in [0, 0.1) is 6.92 Å². The summed E-state index contributed by atoms with van der Waals surface area (Å²) in [5.41, 5.74) is 5.74. The number of amides is 2. The first kappa shape index (κ1) is 23.0. The van der Waals surface area contributed by atoms with Gasteiger partial charge in [0.2, 0.25) is 0 Å². The maximum atomic E-state index is 13.0. The maximum Gasteiger partial charge on any atom is 0.411 e. The van der Waals surface area contributed by atoms with E-state index in [9.17, 15) is 19.5 Å². The second-order valence-electron chi connectivity index (χ2n) is 8.43. The summed E-state index contributed by atoms with van der Waals surface area (Å²) in [4.78, 5) is 38.1. The van der Waals surface area contributed by atoms with E-state index in [4.69, 9.17) is 4.74 Å². The third kappa shape index (κ3) is 4.37. The molecule has 0 unspecified atom stereocenters. The van der Waals surface area contributed by atoms with Crippen molar-refractivity contribution in [2.75, 3.05) is 19.0 Å². The Morgan fingerprint density at radius 2 is 1.59 bits per heavy atom. The van der Waals surface area contributed by atoms with Crippen molar-refractivity contribution in [2.24, 2.45) is 0 Å². The van der Waals surface area contributed by atoms with Gasteiger partial charge in [0.05, 0.1) is 11.3 Å². The lowest BCUT2D eigenvalue weighted by Gasteiger charge is -2.23. The molecular formula is C27H26N2O5. The number of likely N-dealkylation sites (N-methyl/N-ethyl adjacent to an activating group) is 1. The molecule has 2 N–H and O–H groups in total. The first-order valence-electron chi connectivity index (χ1n) is 11.0. The van der Waals surface area contributed by atoms with Gasteiger partial charge in [0.15, 0.2) is 0 Å². The number of hydrogen-bond acceptors (Lipinski definition) is 4. The minimum Gasteiger partial charge on any atom is -0.480 e. The van der Waals surface area contributed by atoms with Crippen molar-refractivity contribution in [3.8, 4) is 11.1 Å². The Labute approximate surface area is 198 Å². The molecule has 0 heterocycles. The van der Waals surface area contributed by atoms with Crippen molar-refractivity contribution < 1.29 is 24.2 Å². The SMILES string of the molecule is Cc1ccc(NC(=O)OCC2c3ccccc3-c3ccccc32)c(C(=O)N(C)[C@@H](C)C(=O)O)c1. The van der Waals surface area contributed by atoms with Gasteiger partial charge in [0, 0.05) is 13.0 Å². The highest BCUT2D eigenvalue weighted by atomic mass is 16.5. The Kier molecular flexibility index (Phi) is 6.36.